The van der Waals surface area contributed by atoms with Crippen LogP contribution in [-0.4, -0.2) is 16.1 Å². The van der Waals surface area contributed by atoms with Gasteiger partial charge in [0.15, 0.2) is 0 Å². The Morgan fingerprint density at radius 3 is 2.84 bits per heavy atom. The number of pyridine rings is 1. The molecule has 1 aromatic heterocycles. The number of benzene rings is 1. The molecule has 0 spiro atoms. The molecule has 0 aliphatic heterocycles. The summed E-state index contributed by atoms with van der Waals surface area (Å²) in [6, 6.07) is 6.94. The standard InChI is InChI=1S/C13H10BrClN2O2/c1-7-2-3-10(15)11(4-7)17-12-9(13(18)19)5-8(14)6-16-12/h2-6H,1H3,(H,16,17)(H,18,19). The molecule has 2 rings (SSSR count). The molecule has 1 aromatic carbocycles. The number of hydrogen-bond acceptors (Lipinski definition) is 3. The normalized spacial score (nSPS) is 10.3. The number of carboxylic acids is 1. The summed E-state index contributed by atoms with van der Waals surface area (Å²) in [5, 5.41) is 12.6. The smallest absolute Gasteiger partial charge is 0.339 e. The Bertz CT molecular complexity index is 647. The molecular formula is C13H10BrClN2O2. The lowest BCUT2D eigenvalue weighted by Crippen LogP contribution is -2.05. The van der Waals surface area contributed by atoms with Crippen molar-refractivity contribution in [2.45, 2.75) is 6.92 Å². The van der Waals surface area contributed by atoms with Gasteiger partial charge in [-0.15, -0.1) is 0 Å². The molecule has 0 fully saturated rings. The van der Waals surface area contributed by atoms with Gasteiger partial charge in [0.25, 0.3) is 0 Å². The number of aryl methyl sites for hydroxylation is 1. The Morgan fingerprint density at radius 1 is 1.42 bits per heavy atom. The minimum Gasteiger partial charge on any atom is -0.478 e. The van der Waals surface area contributed by atoms with E-state index < -0.39 is 5.97 Å². The maximum absolute atomic E-state index is 11.2. The van der Waals surface area contributed by atoms with Crippen LogP contribution in [0.2, 0.25) is 5.02 Å². The van der Waals surface area contributed by atoms with Crippen LogP contribution < -0.4 is 5.32 Å². The van der Waals surface area contributed by atoms with Gasteiger partial charge in [-0.25, -0.2) is 9.78 Å². The van der Waals surface area contributed by atoms with E-state index in [0.717, 1.165) is 5.56 Å². The number of hydrogen-bond donors (Lipinski definition) is 2. The van der Waals surface area contributed by atoms with E-state index in [1.54, 1.807) is 6.07 Å². The van der Waals surface area contributed by atoms with Crippen LogP contribution in [0.3, 0.4) is 0 Å². The molecule has 6 heteroatoms. The lowest BCUT2D eigenvalue weighted by molar-refractivity contribution is 0.0697. The van der Waals surface area contributed by atoms with E-state index >= 15 is 0 Å². The van der Waals surface area contributed by atoms with Gasteiger partial charge in [-0.05, 0) is 46.6 Å². The second-order valence-corrected chi connectivity index (χ2v) is 5.29. The molecule has 0 saturated heterocycles. The zero-order chi connectivity index (χ0) is 14.0. The summed E-state index contributed by atoms with van der Waals surface area (Å²) in [6.07, 6.45) is 1.53. The number of aromatic carboxylic acids is 1. The Hall–Kier alpha value is -1.59. The third-order valence-electron chi connectivity index (χ3n) is 2.46. The highest BCUT2D eigenvalue weighted by molar-refractivity contribution is 9.10. The molecule has 2 N–H and O–H groups in total. The molecule has 0 aliphatic carbocycles. The first-order chi connectivity index (χ1) is 8.97. The van der Waals surface area contributed by atoms with Crippen molar-refractivity contribution >= 4 is 45.0 Å². The van der Waals surface area contributed by atoms with Crippen molar-refractivity contribution in [3.8, 4) is 0 Å². The lowest BCUT2D eigenvalue weighted by atomic mass is 10.2. The number of carbonyl (C=O) groups is 1. The fourth-order valence-corrected chi connectivity index (χ4v) is 2.06. The molecule has 0 unspecified atom stereocenters. The fraction of sp³-hybridized carbons (Fsp3) is 0.0769. The number of anilines is 2. The Labute approximate surface area is 123 Å². The molecule has 1 heterocycles. The van der Waals surface area contributed by atoms with Crippen molar-refractivity contribution < 1.29 is 9.90 Å². The number of rotatable bonds is 3. The monoisotopic (exact) mass is 340 g/mol. The van der Waals surface area contributed by atoms with Crippen LogP contribution in [-0.2, 0) is 0 Å². The Morgan fingerprint density at radius 2 is 2.16 bits per heavy atom. The third-order valence-corrected chi connectivity index (χ3v) is 3.22. The molecule has 0 radical (unpaired) electrons. The highest BCUT2D eigenvalue weighted by Gasteiger charge is 2.13. The van der Waals surface area contributed by atoms with Crippen LogP contribution >= 0.6 is 27.5 Å². The second kappa shape index (κ2) is 5.59. The van der Waals surface area contributed by atoms with Crippen molar-refractivity contribution in [3.63, 3.8) is 0 Å². The maximum atomic E-state index is 11.2. The van der Waals surface area contributed by atoms with Gasteiger partial charge < -0.3 is 10.4 Å². The summed E-state index contributed by atoms with van der Waals surface area (Å²) in [6.45, 7) is 1.93. The number of halogens is 2. The van der Waals surface area contributed by atoms with Gasteiger partial charge in [0.05, 0.1) is 10.7 Å². The second-order valence-electron chi connectivity index (χ2n) is 3.96. The molecule has 98 valence electrons. The Balaban J connectivity index is 2.43. The van der Waals surface area contributed by atoms with Gasteiger partial charge in [-0.2, -0.15) is 0 Å². The Kier molecular flexibility index (Phi) is 4.07. The van der Waals surface area contributed by atoms with Crippen molar-refractivity contribution in [1.82, 2.24) is 4.98 Å². The van der Waals surface area contributed by atoms with Crippen molar-refractivity contribution in [2.24, 2.45) is 0 Å². The van der Waals surface area contributed by atoms with Crippen LogP contribution in [0.1, 0.15) is 15.9 Å². The van der Waals surface area contributed by atoms with E-state index in [2.05, 4.69) is 26.2 Å². The van der Waals surface area contributed by atoms with E-state index in [1.807, 2.05) is 19.1 Å². The van der Waals surface area contributed by atoms with Gasteiger partial charge in [-0.3, -0.25) is 0 Å². The summed E-state index contributed by atoms with van der Waals surface area (Å²) in [5.74, 6) is -0.803. The van der Waals surface area contributed by atoms with Crippen LogP contribution in [0.15, 0.2) is 34.9 Å². The molecule has 0 bridgehead atoms. The average Bonchev–Trinajstić information content (AvgIpc) is 2.35. The number of aromatic nitrogens is 1. The predicted molar refractivity (Wildman–Crippen MR) is 78.4 cm³/mol. The van der Waals surface area contributed by atoms with Gasteiger partial charge >= 0.3 is 5.97 Å². The maximum Gasteiger partial charge on any atom is 0.339 e. The zero-order valence-electron chi connectivity index (χ0n) is 9.95. The summed E-state index contributed by atoms with van der Waals surface area (Å²) in [5.41, 5.74) is 1.71. The van der Waals surface area contributed by atoms with E-state index in [0.29, 0.717) is 15.2 Å². The third kappa shape index (κ3) is 3.24. The van der Waals surface area contributed by atoms with Crippen LogP contribution in [0.5, 0.6) is 0 Å². The summed E-state index contributed by atoms with van der Waals surface area (Å²) >= 11 is 9.26. The summed E-state index contributed by atoms with van der Waals surface area (Å²) < 4.78 is 0.603. The highest BCUT2D eigenvalue weighted by Crippen LogP contribution is 2.28. The van der Waals surface area contributed by atoms with E-state index in [9.17, 15) is 4.79 Å². The van der Waals surface area contributed by atoms with Gasteiger partial charge in [-0.1, -0.05) is 17.7 Å². The lowest BCUT2D eigenvalue weighted by Gasteiger charge is -2.11. The van der Waals surface area contributed by atoms with Crippen LogP contribution in [0, 0.1) is 6.92 Å². The minimum atomic E-state index is -1.06. The first kappa shape index (κ1) is 13.8. The van der Waals surface area contributed by atoms with E-state index in [1.165, 1.54) is 12.3 Å². The molecule has 4 nitrogen and oxygen atoms in total. The quantitative estimate of drug-likeness (QED) is 0.876. The van der Waals surface area contributed by atoms with Crippen LogP contribution in [0.25, 0.3) is 0 Å². The largest absolute Gasteiger partial charge is 0.478 e. The fourth-order valence-electron chi connectivity index (χ4n) is 1.56. The SMILES string of the molecule is Cc1ccc(Cl)c(Nc2ncc(Br)cc2C(=O)O)c1. The molecule has 2 aromatic rings. The van der Waals surface area contributed by atoms with Crippen molar-refractivity contribution in [3.05, 3.63) is 51.1 Å². The van der Waals surface area contributed by atoms with Gasteiger partial charge in [0.2, 0.25) is 0 Å². The predicted octanol–water partition coefficient (Wildman–Crippen LogP) is 4.25. The van der Waals surface area contributed by atoms with Crippen molar-refractivity contribution in [1.29, 1.82) is 0 Å². The number of nitrogens with one attached hydrogen (secondary N) is 1. The average molecular weight is 342 g/mol. The number of carboxylic acid groups (broad SMARTS) is 1. The molecule has 19 heavy (non-hydrogen) atoms. The highest BCUT2D eigenvalue weighted by atomic mass is 79.9. The molecule has 0 atom stereocenters. The molecule has 0 saturated carbocycles. The van der Waals surface area contributed by atoms with Gasteiger partial charge in [0.1, 0.15) is 11.4 Å². The molecule has 0 amide bonds. The van der Waals surface area contributed by atoms with Gasteiger partial charge in [0, 0.05) is 10.7 Å². The van der Waals surface area contributed by atoms with E-state index in [-0.39, 0.29) is 11.4 Å². The summed E-state index contributed by atoms with van der Waals surface area (Å²) in [4.78, 5) is 15.3. The first-order valence-corrected chi connectivity index (χ1v) is 6.56. The topological polar surface area (TPSA) is 62.2 Å². The molecule has 0 aliphatic rings. The first-order valence-electron chi connectivity index (χ1n) is 5.39. The van der Waals surface area contributed by atoms with Crippen molar-refractivity contribution in [2.75, 3.05) is 5.32 Å². The summed E-state index contributed by atoms with van der Waals surface area (Å²) in [7, 11) is 0. The van der Waals surface area contributed by atoms with Crippen LogP contribution in [0.4, 0.5) is 11.5 Å². The number of nitrogens with zero attached hydrogens (tertiary/aromatic N) is 1. The zero-order valence-corrected chi connectivity index (χ0v) is 12.3. The minimum absolute atomic E-state index is 0.0759. The molecular weight excluding hydrogens is 332 g/mol. The van der Waals surface area contributed by atoms with E-state index in [4.69, 9.17) is 16.7 Å².